The summed E-state index contributed by atoms with van der Waals surface area (Å²) in [4.78, 5) is 25.9. The highest BCUT2D eigenvalue weighted by molar-refractivity contribution is 6.09. The molecule has 0 aliphatic rings. The maximum Gasteiger partial charge on any atom is 0.262 e. The summed E-state index contributed by atoms with van der Waals surface area (Å²) in [5, 5.41) is 7.75. The SMILES string of the molecule is Cc1cc(C)c(NC(=O)COc2cc3ccccc3cc2C(=O)Nc2ccccc2C)c(C)c1. The molecule has 5 nitrogen and oxygen atoms in total. The minimum absolute atomic E-state index is 0.213. The Morgan fingerprint density at radius 2 is 1.35 bits per heavy atom. The molecule has 0 saturated heterocycles. The highest BCUT2D eigenvalue weighted by atomic mass is 16.5. The van der Waals surface area contributed by atoms with Crippen LogP contribution in [-0.2, 0) is 4.79 Å². The molecule has 0 fully saturated rings. The molecule has 0 aliphatic carbocycles. The average molecular weight is 453 g/mol. The van der Waals surface area contributed by atoms with Crippen molar-refractivity contribution in [1.82, 2.24) is 0 Å². The number of aryl methyl sites for hydroxylation is 4. The van der Waals surface area contributed by atoms with Crippen molar-refractivity contribution in [3.8, 4) is 5.75 Å². The van der Waals surface area contributed by atoms with Crippen LogP contribution in [0.1, 0.15) is 32.6 Å². The minimum atomic E-state index is -0.291. The molecule has 2 N–H and O–H groups in total. The lowest BCUT2D eigenvalue weighted by Crippen LogP contribution is -2.22. The Kier molecular flexibility index (Phi) is 6.64. The second kappa shape index (κ2) is 9.79. The first-order valence-corrected chi connectivity index (χ1v) is 11.2. The summed E-state index contributed by atoms with van der Waals surface area (Å²) in [5.41, 5.74) is 5.99. The Morgan fingerprint density at radius 3 is 2.03 bits per heavy atom. The molecule has 0 aromatic heterocycles. The summed E-state index contributed by atoms with van der Waals surface area (Å²) >= 11 is 0. The molecule has 0 unspecified atom stereocenters. The monoisotopic (exact) mass is 452 g/mol. The van der Waals surface area contributed by atoms with Gasteiger partial charge in [0.25, 0.3) is 11.8 Å². The summed E-state index contributed by atoms with van der Waals surface area (Å²) in [6, 6.07) is 23.0. The van der Waals surface area contributed by atoms with Crippen LogP contribution in [0.3, 0.4) is 0 Å². The van der Waals surface area contributed by atoms with Gasteiger partial charge in [-0.05, 0) is 73.4 Å². The van der Waals surface area contributed by atoms with Crippen LogP contribution in [-0.4, -0.2) is 18.4 Å². The van der Waals surface area contributed by atoms with Gasteiger partial charge in [-0.3, -0.25) is 9.59 Å². The molecule has 0 saturated carbocycles. The molecule has 0 bridgehead atoms. The van der Waals surface area contributed by atoms with Crippen molar-refractivity contribution in [3.63, 3.8) is 0 Å². The lowest BCUT2D eigenvalue weighted by molar-refractivity contribution is -0.118. The molecular formula is C29H28N2O3. The number of amides is 2. The fraction of sp³-hybridized carbons (Fsp3) is 0.172. The Labute approximate surface area is 199 Å². The van der Waals surface area contributed by atoms with Crippen molar-refractivity contribution >= 4 is 34.0 Å². The molecule has 4 aromatic carbocycles. The fourth-order valence-corrected chi connectivity index (χ4v) is 4.12. The van der Waals surface area contributed by atoms with Gasteiger partial charge in [0, 0.05) is 11.4 Å². The van der Waals surface area contributed by atoms with Crippen LogP contribution in [0.25, 0.3) is 10.8 Å². The van der Waals surface area contributed by atoms with E-state index in [-0.39, 0.29) is 18.4 Å². The number of hydrogen-bond donors (Lipinski definition) is 2. The van der Waals surface area contributed by atoms with Crippen LogP contribution >= 0.6 is 0 Å². The zero-order valence-electron chi connectivity index (χ0n) is 19.9. The Morgan fingerprint density at radius 1 is 0.735 bits per heavy atom. The number of anilines is 2. The highest BCUT2D eigenvalue weighted by Crippen LogP contribution is 2.28. The number of fused-ring (bicyclic) bond motifs is 1. The van der Waals surface area contributed by atoms with E-state index in [1.54, 1.807) is 12.1 Å². The van der Waals surface area contributed by atoms with E-state index in [0.29, 0.717) is 11.3 Å². The van der Waals surface area contributed by atoms with E-state index in [9.17, 15) is 9.59 Å². The predicted molar refractivity (Wildman–Crippen MR) is 138 cm³/mol. The van der Waals surface area contributed by atoms with Crippen LogP contribution in [0.15, 0.2) is 72.8 Å². The van der Waals surface area contributed by atoms with E-state index in [1.807, 2.05) is 88.4 Å². The van der Waals surface area contributed by atoms with Crippen molar-refractivity contribution in [3.05, 3.63) is 101 Å². The number of hydrogen-bond acceptors (Lipinski definition) is 3. The van der Waals surface area contributed by atoms with E-state index < -0.39 is 0 Å². The van der Waals surface area contributed by atoms with E-state index in [0.717, 1.165) is 44.4 Å². The molecule has 34 heavy (non-hydrogen) atoms. The van der Waals surface area contributed by atoms with Crippen molar-refractivity contribution in [2.75, 3.05) is 17.2 Å². The zero-order valence-corrected chi connectivity index (χ0v) is 19.9. The maximum atomic E-state index is 13.2. The number of nitrogens with one attached hydrogen (secondary N) is 2. The van der Waals surface area contributed by atoms with E-state index in [2.05, 4.69) is 10.6 Å². The molecule has 0 aliphatic heterocycles. The first kappa shape index (κ1) is 23.1. The summed E-state index contributed by atoms with van der Waals surface area (Å²) < 4.78 is 5.90. The van der Waals surface area contributed by atoms with E-state index in [1.165, 1.54) is 0 Å². The van der Waals surface area contributed by atoms with Gasteiger partial charge in [-0.15, -0.1) is 0 Å². The minimum Gasteiger partial charge on any atom is -0.483 e. The molecule has 0 radical (unpaired) electrons. The van der Waals surface area contributed by atoms with Crippen LogP contribution in [0.5, 0.6) is 5.75 Å². The zero-order chi connectivity index (χ0) is 24.2. The van der Waals surface area contributed by atoms with Crippen molar-refractivity contribution in [2.24, 2.45) is 0 Å². The molecule has 0 heterocycles. The van der Waals surface area contributed by atoms with Crippen molar-refractivity contribution < 1.29 is 14.3 Å². The summed E-state index contributed by atoms with van der Waals surface area (Å²) in [6.45, 7) is 7.68. The topological polar surface area (TPSA) is 67.4 Å². The van der Waals surface area contributed by atoms with Gasteiger partial charge in [0.1, 0.15) is 5.75 Å². The van der Waals surface area contributed by atoms with Gasteiger partial charge in [-0.1, -0.05) is 60.2 Å². The molecule has 2 amide bonds. The van der Waals surface area contributed by atoms with Crippen LogP contribution in [0, 0.1) is 27.7 Å². The maximum absolute atomic E-state index is 13.2. The number of ether oxygens (including phenoxy) is 1. The van der Waals surface area contributed by atoms with Crippen LogP contribution in [0.2, 0.25) is 0 Å². The first-order valence-electron chi connectivity index (χ1n) is 11.2. The second-order valence-electron chi connectivity index (χ2n) is 8.58. The third-order valence-electron chi connectivity index (χ3n) is 5.79. The van der Waals surface area contributed by atoms with Gasteiger partial charge in [0.05, 0.1) is 5.56 Å². The van der Waals surface area contributed by atoms with Gasteiger partial charge >= 0.3 is 0 Å². The summed E-state index contributed by atoms with van der Waals surface area (Å²) in [7, 11) is 0. The molecule has 4 rings (SSSR count). The Bertz CT molecular complexity index is 1370. The van der Waals surface area contributed by atoms with Gasteiger partial charge in [0.15, 0.2) is 6.61 Å². The van der Waals surface area contributed by atoms with E-state index in [4.69, 9.17) is 4.74 Å². The largest absolute Gasteiger partial charge is 0.483 e. The molecule has 5 heteroatoms. The van der Waals surface area contributed by atoms with Gasteiger partial charge in [-0.25, -0.2) is 0 Å². The van der Waals surface area contributed by atoms with Gasteiger partial charge < -0.3 is 15.4 Å². The highest BCUT2D eigenvalue weighted by Gasteiger charge is 2.17. The van der Waals surface area contributed by atoms with Crippen molar-refractivity contribution in [2.45, 2.75) is 27.7 Å². The fourth-order valence-electron chi connectivity index (χ4n) is 4.12. The van der Waals surface area contributed by atoms with E-state index >= 15 is 0 Å². The third kappa shape index (κ3) is 5.09. The molecule has 172 valence electrons. The standard InChI is InChI=1S/C29H28N2O3/c1-18-13-20(3)28(21(4)14-18)31-27(32)17-34-26-16-23-11-7-6-10-22(23)15-24(26)29(33)30-25-12-8-5-9-19(25)2/h5-16H,17H2,1-4H3,(H,30,33)(H,31,32). The normalized spacial score (nSPS) is 10.7. The lowest BCUT2D eigenvalue weighted by atomic mass is 10.0. The summed E-state index contributed by atoms with van der Waals surface area (Å²) in [6.07, 6.45) is 0. The molecule has 0 atom stereocenters. The molecule has 4 aromatic rings. The number of para-hydroxylation sites is 1. The smallest absolute Gasteiger partial charge is 0.262 e. The second-order valence-corrected chi connectivity index (χ2v) is 8.58. The number of carbonyl (C=O) groups excluding carboxylic acids is 2. The quantitative estimate of drug-likeness (QED) is 0.359. The molecule has 0 spiro atoms. The Balaban J connectivity index is 1.58. The first-order chi connectivity index (χ1) is 16.3. The number of carbonyl (C=O) groups is 2. The summed E-state index contributed by atoms with van der Waals surface area (Å²) in [5.74, 6) is -0.216. The number of rotatable bonds is 6. The number of benzene rings is 4. The van der Waals surface area contributed by atoms with Crippen molar-refractivity contribution in [1.29, 1.82) is 0 Å². The van der Waals surface area contributed by atoms with Crippen LogP contribution < -0.4 is 15.4 Å². The predicted octanol–water partition coefficient (Wildman–Crippen LogP) is 6.34. The molecular weight excluding hydrogens is 424 g/mol. The third-order valence-corrected chi connectivity index (χ3v) is 5.79. The van der Waals surface area contributed by atoms with Gasteiger partial charge in [0.2, 0.25) is 0 Å². The van der Waals surface area contributed by atoms with Crippen LogP contribution in [0.4, 0.5) is 11.4 Å². The average Bonchev–Trinajstić information content (AvgIpc) is 2.81. The van der Waals surface area contributed by atoms with Gasteiger partial charge in [-0.2, -0.15) is 0 Å². The lowest BCUT2D eigenvalue weighted by Gasteiger charge is -2.16. The Hall–Kier alpha value is -4.12.